The number of carbonyl (C=O) groups is 1. The molecule has 0 bridgehead atoms. The van der Waals surface area contributed by atoms with E-state index in [4.69, 9.17) is 0 Å². The second-order valence-electron chi connectivity index (χ2n) is 10.2. The van der Waals surface area contributed by atoms with Crippen molar-refractivity contribution in [3.63, 3.8) is 0 Å². The minimum absolute atomic E-state index is 0.182. The van der Waals surface area contributed by atoms with Crippen LogP contribution in [0.25, 0.3) is 0 Å². The lowest BCUT2D eigenvalue weighted by atomic mass is 9.64. The van der Waals surface area contributed by atoms with Gasteiger partial charge >= 0.3 is 0 Å². The van der Waals surface area contributed by atoms with Crippen molar-refractivity contribution >= 4 is 5.78 Å². The van der Waals surface area contributed by atoms with Crippen molar-refractivity contribution in [2.45, 2.75) is 56.8 Å². The monoisotopic (exact) mass is 470 g/mol. The first-order chi connectivity index (χ1) is 16.7. The van der Waals surface area contributed by atoms with Crippen molar-refractivity contribution in [2.75, 3.05) is 0 Å². The highest BCUT2D eigenvalue weighted by Gasteiger charge is 2.37. The maximum Gasteiger partial charge on any atom is 0.155 e. The lowest BCUT2D eigenvalue weighted by molar-refractivity contribution is -0.115. The number of aromatic hydroxyl groups is 3. The molecule has 3 aromatic carbocycles. The van der Waals surface area contributed by atoms with Gasteiger partial charge in [-0.3, -0.25) is 4.79 Å². The van der Waals surface area contributed by atoms with Crippen LogP contribution in [0, 0.1) is 5.92 Å². The minimum Gasteiger partial charge on any atom is -0.508 e. The number of phenolic OH excluding ortho intramolecular Hbond substituents is 3. The summed E-state index contributed by atoms with van der Waals surface area (Å²) in [7, 11) is 0. The average Bonchev–Trinajstić information content (AvgIpc) is 2.85. The fourth-order valence-corrected chi connectivity index (χ4v) is 5.54. The second kappa shape index (κ2) is 9.99. The van der Waals surface area contributed by atoms with Crippen molar-refractivity contribution in [2.24, 2.45) is 5.92 Å². The summed E-state index contributed by atoms with van der Waals surface area (Å²) in [6.07, 6.45) is 7.88. The van der Waals surface area contributed by atoms with Crippen LogP contribution in [0.5, 0.6) is 17.2 Å². The molecule has 35 heavy (non-hydrogen) atoms. The Labute approximate surface area is 207 Å². The third kappa shape index (κ3) is 5.27. The Balaban J connectivity index is 1.64. The van der Waals surface area contributed by atoms with Crippen molar-refractivity contribution < 1.29 is 20.1 Å². The van der Waals surface area contributed by atoms with Gasteiger partial charge in [-0.05, 0) is 89.8 Å². The van der Waals surface area contributed by atoms with E-state index in [2.05, 4.69) is 19.9 Å². The molecule has 0 saturated carbocycles. The Morgan fingerprint density at radius 2 is 1.17 bits per heavy atom. The van der Waals surface area contributed by atoms with Crippen molar-refractivity contribution in [3.05, 3.63) is 102 Å². The third-order valence-electron chi connectivity index (χ3n) is 7.94. The van der Waals surface area contributed by atoms with E-state index in [1.165, 1.54) is 0 Å². The SMILES string of the molecule is CC(CCCC(C)(c1ccc(O)cc1)C1C=CC(=O)CC1)(c1ccc(O)cc1)c1ccc(O)cc1. The van der Waals surface area contributed by atoms with E-state index in [1.54, 1.807) is 42.5 Å². The lowest BCUT2D eigenvalue weighted by Gasteiger charge is -2.40. The molecule has 0 radical (unpaired) electrons. The van der Waals surface area contributed by atoms with Gasteiger partial charge in [0.05, 0.1) is 0 Å². The molecular weight excluding hydrogens is 436 g/mol. The predicted molar refractivity (Wildman–Crippen MR) is 139 cm³/mol. The number of benzene rings is 3. The van der Waals surface area contributed by atoms with Crippen LogP contribution in [-0.4, -0.2) is 21.1 Å². The fraction of sp³-hybridized carbons (Fsp3) is 0.323. The first-order valence-corrected chi connectivity index (χ1v) is 12.3. The highest BCUT2D eigenvalue weighted by Crippen LogP contribution is 2.45. The number of hydrogen-bond acceptors (Lipinski definition) is 4. The molecule has 0 aromatic heterocycles. The highest BCUT2D eigenvalue weighted by molar-refractivity contribution is 5.90. The molecule has 2 unspecified atom stereocenters. The van der Waals surface area contributed by atoms with Gasteiger partial charge < -0.3 is 15.3 Å². The van der Waals surface area contributed by atoms with E-state index in [9.17, 15) is 20.1 Å². The van der Waals surface area contributed by atoms with Gasteiger partial charge in [0, 0.05) is 11.8 Å². The normalized spacial score (nSPS) is 17.8. The molecule has 4 nitrogen and oxygen atoms in total. The molecule has 1 aliphatic rings. The Bertz CT molecular complexity index is 1130. The summed E-state index contributed by atoms with van der Waals surface area (Å²) in [4.78, 5) is 11.9. The molecule has 0 amide bonds. The van der Waals surface area contributed by atoms with E-state index < -0.39 is 0 Å². The second-order valence-corrected chi connectivity index (χ2v) is 10.2. The minimum atomic E-state index is -0.310. The molecule has 4 heteroatoms. The van der Waals surface area contributed by atoms with Crippen LogP contribution in [0.3, 0.4) is 0 Å². The Morgan fingerprint density at radius 1 is 0.714 bits per heavy atom. The number of ketones is 1. The lowest BCUT2D eigenvalue weighted by Crippen LogP contribution is -2.34. The molecule has 4 rings (SSSR count). The van der Waals surface area contributed by atoms with Crippen LogP contribution in [0.1, 0.15) is 62.6 Å². The summed E-state index contributed by atoms with van der Waals surface area (Å²) < 4.78 is 0. The van der Waals surface area contributed by atoms with Crippen molar-refractivity contribution in [1.29, 1.82) is 0 Å². The molecule has 0 heterocycles. The third-order valence-corrected chi connectivity index (χ3v) is 7.94. The number of phenols is 3. The van der Waals surface area contributed by atoms with Crippen LogP contribution in [0.15, 0.2) is 84.9 Å². The molecule has 0 fully saturated rings. The summed E-state index contributed by atoms with van der Waals surface area (Å²) in [5.41, 5.74) is 2.88. The average molecular weight is 471 g/mol. The Hall–Kier alpha value is -3.53. The fourth-order valence-electron chi connectivity index (χ4n) is 5.54. The van der Waals surface area contributed by atoms with E-state index >= 15 is 0 Å². The van der Waals surface area contributed by atoms with Crippen LogP contribution < -0.4 is 0 Å². The van der Waals surface area contributed by atoms with Gasteiger partial charge in [-0.25, -0.2) is 0 Å². The van der Waals surface area contributed by atoms with Crippen LogP contribution in [0.4, 0.5) is 0 Å². The van der Waals surface area contributed by atoms with Crippen LogP contribution in [-0.2, 0) is 15.6 Å². The molecule has 3 N–H and O–H groups in total. The quantitative estimate of drug-likeness (QED) is 0.339. The van der Waals surface area contributed by atoms with Crippen LogP contribution in [0.2, 0.25) is 0 Å². The van der Waals surface area contributed by atoms with E-state index in [1.807, 2.05) is 36.4 Å². The first-order valence-electron chi connectivity index (χ1n) is 12.3. The Kier molecular flexibility index (Phi) is 7.02. The smallest absolute Gasteiger partial charge is 0.155 e. The number of carbonyl (C=O) groups excluding carboxylic acids is 1. The molecule has 0 saturated heterocycles. The summed E-state index contributed by atoms with van der Waals surface area (Å²) in [5, 5.41) is 29.5. The van der Waals surface area contributed by atoms with Gasteiger partial charge in [-0.2, -0.15) is 0 Å². The van der Waals surface area contributed by atoms with Gasteiger partial charge in [-0.15, -0.1) is 0 Å². The molecular formula is C31H34O4. The number of allylic oxidation sites excluding steroid dienone is 2. The van der Waals surface area contributed by atoms with E-state index in [-0.39, 0.29) is 39.8 Å². The number of rotatable bonds is 8. The molecule has 2 atom stereocenters. The van der Waals surface area contributed by atoms with Crippen molar-refractivity contribution in [3.8, 4) is 17.2 Å². The van der Waals surface area contributed by atoms with Gasteiger partial charge in [-0.1, -0.05) is 62.7 Å². The topological polar surface area (TPSA) is 77.8 Å². The standard InChI is InChI=1S/C31H34O4/c1-30(22-4-12-26(32)13-5-22,23-6-14-27(33)15-7-23)20-3-21-31(2,24-8-16-28(34)17-9-24)25-10-18-29(35)19-11-25/h4-10,12-18,25,32-34H,3,11,19-21H2,1-2H3. The summed E-state index contributed by atoms with van der Waals surface area (Å²) in [6.45, 7) is 4.48. The van der Waals surface area contributed by atoms with Crippen LogP contribution >= 0.6 is 0 Å². The Morgan fingerprint density at radius 3 is 1.60 bits per heavy atom. The van der Waals surface area contributed by atoms with Crippen molar-refractivity contribution in [1.82, 2.24) is 0 Å². The zero-order chi connectivity index (χ0) is 25.1. The summed E-state index contributed by atoms with van der Waals surface area (Å²) in [5.74, 6) is 1.14. The molecule has 0 aliphatic heterocycles. The largest absolute Gasteiger partial charge is 0.508 e. The zero-order valence-corrected chi connectivity index (χ0v) is 20.4. The maximum atomic E-state index is 11.9. The van der Waals surface area contributed by atoms with Gasteiger partial charge in [0.25, 0.3) is 0 Å². The number of hydrogen-bond donors (Lipinski definition) is 3. The summed E-state index contributed by atoms with van der Waals surface area (Å²) in [6, 6.07) is 22.2. The highest BCUT2D eigenvalue weighted by atomic mass is 16.3. The van der Waals surface area contributed by atoms with Gasteiger partial charge in [0.1, 0.15) is 17.2 Å². The van der Waals surface area contributed by atoms with Gasteiger partial charge in [0.2, 0.25) is 0 Å². The zero-order valence-electron chi connectivity index (χ0n) is 20.4. The van der Waals surface area contributed by atoms with E-state index in [0.717, 1.165) is 42.4 Å². The summed E-state index contributed by atoms with van der Waals surface area (Å²) >= 11 is 0. The molecule has 182 valence electrons. The van der Waals surface area contributed by atoms with Gasteiger partial charge in [0.15, 0.2) is 5.78 Å². The molecule has 1 aliphatic carbocycles. The van der Waals surface area contributed by atoms with E-state index in [0.29, 0.717) is 6.42 Å². The first kappa shape index (κ1) is 24.6. The maximum absolute atomic E-state index is 11.9. The predicted octanol–water partition coefficient (Wildman–Crippen LogP) is 6.77. The molecule has 3 aromatic rings. The molecule has 0 spiro atoms.